The Morgan fingerprint density at radius 3 is 3.20 bits per heavy atom. The highest BCUT2D eigenvalue weighted by atomic mass is 32.1. The van der Waals surface area contributed by atoms with Crippen molar-refractivity contribution < 1.29 is 9.84 Å². The number of hydrogen-bond acceptors (Lipinski definition) is 5. The van der Waals surface area contributed by atoms with Crippen LogP contribution in [0, 0.1) is 0 Å². The van der Waals surface area contributed by atoms with E-state index in [2.05, 4.69) is 14.5 Å². The molecule has 0 bridgehead atoms. The molecule has 1 aliphatic rings. The van der Waals surface area contributed by atoms with E-state index in [1.807, 2.05) is 11.4 Å². The van der Waals surface area contributed by atoms with Gasteiger partial charge in [0.1, 0.15) is 17.9 Å². The number of pyridine rings is 1. The van der Waals surface area contributed by atoms with Gasteiger partial charge in [-0.2, -0.15) is 0 Å². The summed E-state index contributed by atoms with van der Waals surface area (Å²) in [6, 6.07) is 2.27. The molecule has 20 heavy (non-hydrogen) atoms. The third kappa shape index (κ3) is 1.76. The molecule has 4 rings (SSSR count). The summed E-state index contributed by atoms with van der Waals surface area (Å²) in [4.78, 5) is 8.96. The zero-order chi connectivity index (χ0) is 13.5. The summed E-state index contributed by atoms with van der Waals surface area (Å²) in [5.74, 6) is 0.707. The van der Waals surface area contributed by atoms with Crippen LogP contribution in [-0.2, 0) is 11.3 Å². The Hall–Kier alpha value is -1.50. The molecule has 1 saturated heterocycles. The van der Waals surface area contributed by atoms with Crippen LogP contribution in [0.4, 0.5) is 0 Å². The second kappa shape index (κ2) is 4.80. The van der Waals surface area contributed by atoms with E-state index in [9.17, 15) is 5.11 Å². The molecule has 5 nitrogen and oxygen atoms in total. The molecule has 0 radical (unpaired) electrons. The summed E-state index contributed by atoms with van der Waals surface area (Å²) in [6.07, 6.45) is 3.91. The number of imidazole rings is 1. The fourth-order valence-corrected chi connectivity index (χ4v) is 3.85. The molecule has 0 spiro atoms. The minimum Gasteiger partial charge on any atom is -0.388 e. The number of aliphatic hydroxyl groups excluding tert-OH is 1. The Bertz CT molecular complexity index is 758. The largest absolute Gasteiger partial charge is 0.388 e. The van der Waals surface area contributed by atoms with Crippen molar-refractivity contribution in [1.29, 1.82) is 0 Å². The molecule has 1 N–H and O–H groups in total. The van der Waals surface area contributed by atoms with E-state index in [1.54, 1.807) is 17.5 Å². The summed E-state index contributed by atoms with van der Waals surface area (Å²) in [7, 11) is 0. The standard InChI is InChI=1S/C14H15N3O2S/c18-7-12-16-11-6-15-10-3-5-20-14(10)13(11)17(12)9-2-1-4-19-8-9/h3,5-6,9,18H,1-2,4,7-8H2/t9-/m0/s1. The van der Waals surface area contributed by atoms with Crippen LogP contribution in [0.2, 0.25) is 0 Å². The minimum absolute atomic E-state index is 0.0575. The molecule has 3 aromatic heterocycles. The highest BCUT2D eigenvalue weighted by molar-refractivity contribution is 7.18. The van der Waals surface area contributed by atoms with Crippen LogP contribution >= 0.6 is 11.3 Å². The molecule has 6 heteroatoms. The van der Waals surface area contributed by atoms with Gasteiger partial charge in [-0.25, -0.2) is 4.98 Å². The lowest BCUT2D eigenvalue weighted by atomic mass is 10.1. The predicted molar refractivity (Wildman–Crippen MR) is 77.9 cm³/mol. The molecule has 0 saturated carbocycles. The van der Waals surface area contributed by atoms with Crippen LogP contribution in [-0.4, -0.2) is 32.9 Å². The van der Waals surface area contributed by atoms with Gasteiger partial charge in [0.15, 0.2) is 0 Å². The summed E-state index contributed by atoms with van der Waals surface area (Å²) in [5.41, 5.74) is 2.93. The zero-order valence-corrected chi connectivity index (χ0v) is 11.8. The lowest BCUT2D eigenvalue weighted by Crippen LogP contribution is -2.22. The van der Waals surface area contributed by atoms with E-state index in [0.717, 1.165) is 40.7 Å². The second-order valence-electron chi connectivity index (χ2n) is 5.05. The van der Waals surface area contributed by atoms with Crippen LogP contribution < -0.4 is 0 Å². The van der Waals surface area contributed by atoms with E-state index < -0.39 is 0 Å². The van der Waals surface area contributed by atoms with E-state index in [0.29, 0.717) is 12.4 Å². The Labute approximate surface area is 119 Å². The third-order valence-electron chi connectivity index (χ3n) is 3.84. The van der Waals surface area contributed by atoms with Crippen molar-refractivity contribution >= 4 is 32.6 Å². The molecule has 3 aromatic rings. The molecule has 0 unspecified atom stereocenters. The normalized spacial score (nSPS) is 19.9. The van der Waals surface area contributed by atoms with Gasteiger partial charge in [0.25, 0.3) is 0 Å². The number of ether oxygens (including phenoxy) is 1. The first-order chi connectivity index (χ1) is 9.88. The van der Waals surface area contributed by atoms with Gasteiger partial charge in [-0.3, -0.25) is 4.98 Å². The van der Waals surface area contributed by atoms with Crippen LogP contribution in [0.15, 0.2) is 17.6 Å². The van der Waals surface area contributed by atoms with Gasteiger partial charge < -0.3 is 14.4 Å². The van der Waals surface area contributed by atoms with E-state index in [-0.39, 0.29) is 12.6 Å². The third-order valence-corrected chi connectivity index (χ3v) is 4.75. The van der Waals surface area contributed by atoms with Gasteiger partial charge in [0, 0.05) is 6.61 Å². The van der Waals surface area contributed by atoms with Crippen LogP contribution in [0.5, 0.6) is 0 Å². The lowest BCUT2D eigenvalue weighted by Gasteiger charge is -2.25. The number of rotatable bonds is 2. The molecule has 104 valence electrons. The monoisotopic (exact) mass is 289 g/mol. The Morgan fingerprint density at radius 1 is 1.45 bits per heavy atom. The first kappa shape index (κ1) is 12.3. The second-order valence-corrected chi connectivity index (χ2v) is 5.97. The number of hydrogen-bond donors (Lipinski definition) is 1. The van der Waals surface area contributed by atoms with Crippen molar-refractivity contribution in [3.63, 3.8) is 0 Å². The van der Waals surface area contributed by atoms with Gasteiger partial charge in [0.05, 0.1) is 34.6 Å². The summed E-state index contributed by atoms with van der Waals surface area (Å²) >= 11 is 1.67. The topological polar surface area (TPSA) is 60.2 Å². The van der Waals surface area contributed by atoms with E-state index >= 15 is 0 Å². The van der Waals surface area contributed by atoms with Gasteiger partial charge >= 0.3 is 0 Å². The van der Waals surface area contributed by atoms with Crippen molar-refractivity contribution in [2.24, 2.45) is 0 Å². The fraction of sp³-hybridized carbons (Fsp3) is 0.429. The molecular formula is C14H15N3O2S. The number of thiophene rings is 1. The average molecular weight is 289 g/mol. The van der Waals surface area contributed by atoms with E-state index in [4.69, 9.17) is 4.74 Å². The number of aliphatic hydroxyl groups is 1. The van der Waals surface area contributed by atoms with Crippen molar-refractivity contribution in [3.8, 4) is 0 Å². The fourth-order valence-electron chi connectivity index (χ4n) is 2.96. The maximum absolute atomic E-state index is 9.63. The maximum atomic E-state index is 9.63. The molecule has 1 atom stereocenters. The molecule has 0 aliphatic carbocycles. The Balaban J connectivity index is 2.01. The first-order valence-electron chi connectivity index (χ1n) is 6.80. The Kier molecular flexibility index (Phi) is 2.94. The van der Waals surface area contributed by atoms with Gasteiger partial charge in [0.2, 0.25) is 0 Å². The quantitative estimate of drug-likeness (QED) is 0.787. The number of nitrogens with zero attached hydrogens (tertiary/aromatic N) is 3. The predicted octanol–water partition coefficient (Wildman–Crippen LogP) is 2.49. The minimum atomic E-state index is -0.0575. The van der Waals surface area contributed by atoms with Crippen LogP contribution in [0.3, 0.4) is 0 Å². The van der Waals surface area contributed by atoms with Crippen molar-refractivity contribution in [2.45, 2.75) is 25.5 Å². The average Bonchev–Trinajstić information content (AvgIpc) is 3.11. The highest BCUT2D eigenvalue weighted by Crippen LogP contribution is 2.33. The summed E-state index contributed by atoms with van der Waals surface area (Å²) in [5, 5.41) is 11.7. The van der Waals surface area contributed by atoms with Crippen LogP contribution in [0.25, 0.3) is 21.3 Å². The molecule has 1 aliphatic heterocycles. The molecular weight excluding hydrogens is 274 g/mol. The maximum Gasteiger partial charge on any atom is 0.136 e. The SMILES string of the molecule is OCc1nc2cnc3ccsc3c2n1[C@H]1CCCOC1. The highest BCUT2D eigenvalue weighted by Gasteiger charge is 2.23. The Morgan fingerprint density at radius 2 is 2.40 bits per heavy atom. The van der Waals surface area contributed by atoms with Gasteiger partial charge in [-0.05, 0) is 24.3 Å². The molecule has 0 aromatic carbocycles. The number of aromatic nitrogens is 3. The van der Waals surface area contributed by atoms with E-state index in [1.165, 1.54) is 0 Å². The van der Waals surface area contributed by atoms with Gasteiger partial charge in [-0.1, -0.05) is 0 Å². The van der Waals surface area contributed by atoms with Crippen molar-refractivity contribution in [2.75, 3.05) is 13.2 Å². The van der Waals surface area contributed by atoms with Crippen LogP contribution in [0.1, 0.15) is 24.7 Å². The smallest absolute Gasteiger partial charge is 0.136 e. The molecule has 0 amide bonds. The first-order valence-corrected chi connectivity index (χ1v) is 7.68. The van der Waals surface area contributed by atoms with Crippen molar-refractivity contribution in [1.82, 2.24) is 14.5 Å². The zero-order valence-electron chi connectivity index (χ0n) is 11.0. The lowest BCUT2D eigenvalue weighted by molar-refractivity contribution is 0.0582. The summed E-state index contributed by atoms with van der Waals surface area (Å²) in [6.45, 7) is 1.46. The van der Waals surface area contributed by atoms with Crippen molar-refractivity contribution in [3.05, 3.63) is 23.5 Å². The molecule has 4 heterocycles. The number of fused-ring (bicyclic) bond motifs is 3. The van der Waals surface area contributed by atoms with Gasteiger partial charge in [-0.15, -0.1) is 11.3 Å². The molecule has 1 fully saturated rings. The summed E-state index contributed by atoms with van der Waals surface area (Å²) < 4.78 is 8.91.